The minimum atomic E-state index is -0.200. The van der Waals surface area contributed by atoms with E-state index in [0.717, 1.165) is 10.0 Å². The van der Waals surface area contributed by atoms with Crippen molar-refractivity contribution < 1.29 is 14.3 Å². The number of nitrogens with zero attached hydrogens (tertiary/aromatic N) is 3. The summed E-state index contributed by atoms with van der Waals surface area (Å²) < 4.78 is 12.3. The van der Waals surface area contributed by atoms with Gasteiger partial charge in [0, 0.05) is 0 Å². The maximum absolute atomic E-state index is 12.5. The van der Waals surface area contributed by atoms with Gasteiger partial charge in [0.05, 0.1) is 47.5 Å². The third-order valence-electron chi connectivity index (χ3n) is 3.56. The zero-order valence-electron chi connectivity index (χ0n) is 15.4. The Kier molecular flexibility index (Phi) is 6.81. The molecule has 0 radical (unpaired) electrons. The maximum atomic E-state index is 12.5. The summed E-state index contributed by atoms with van der Waals surface area (Å²) in [4.78, 5) is 12.5. The normalized spacial score (nSPS) is 15.4. The Morgan fingerprint density at radius 2 is 2.15 bits per heavy atom. The van der Waals surface area contributed by atoms with Crippen LogP contribution in [0.2, 0.25) is 0 Å². The Balaban J connectivity index is 2.37. The van der Waals surface area contributed by atoms with Crippen LogP contribution in [-0.2, 0) is 4.79 Å². The summed E-state index contributed by atoms with van der Waals surface area (Å²) in [7, 11) is 0. The summed E-state index contributed by atoms with van der Waals surface area (Å²) in [5.74, 6) is 1.06. The lowest BCUT2D eigenvalue weighted by atomic mass is 10.1. The average molecular weight is 420 g/mol. The standard InChI is InChI=1S/C19H22BrN3O3/c1-5-25-17-11-14(10-16(20)18(17)26-12(2)3)9-15-13(4)22-23(19(15)24)8-6-7-21/h9-12H,5-6,8H2,1-4H3/b15-9-. The molecule has 138 valence electrons. The molecule has 1 amide bonds. The number of carbonyl (C=O) groups is 1. The lowest BCUT2D eigenvalue weighted by molar-refractivity contribution is -0.125. The number of amides is 1. The van der Waals surface area contributed by atoms with E-state index in [-0.39, 0.29) is 18.4 Å². The summed E-state index contributed by atoms with van der Waals surface area (Å²) in [6.45, 7) is 8.38. The minimum absolute atomic E-state index is 0.00851. The second kappa shape index (κ2) is 8.86. The van der Waals surface area contributed by atoms with Crippen molar-refractivity contribution in [2.24, 2.45) is 5.10 Å². The van der Waals surface area contributed by atoms with E-state index in [1.807, 2.05) is 39.0 Å². The molecular formula is C19H22BrN3O3. The van der Waals surface area contributed by atoms with Gasteiger partial charge in [0.25, 0.3) is 5.91 Å². The number of hydrazone groups is 1. The summed E-state index contributed by atoms with van der Waals surface area (Å²) >= 11 is 3.53. The number of ether oxygens (including phenoxy) is 2. The quantitative estimate of drug-likeness (QED) is 0.621. The summed E-state index contributed by atoms with van der Waals surface area (Å²) in [5.41, 5.74) is 1.94. The number of benzene rings is 1. The fraction of sp³-hybridized carbons (Fsp3) is 0.421. The van der Waals surface area contributed by atoms with E-state index < -0.39 is 0 Å². The van der Waals surface area contributed by atoms with Crippen LogP contribution in [-0.4, -0.2) is 35.9 Å². The number of hydrogen-bond acceptors (Lipinski definition) is 5. The van der Waals surface area contributed by atoms with E-state index >= 15 is 0 Å². The minimum Gasteiger partial charge on any atom is -0.490 e. The van der Waals surface area contributed by atoms with Crippen LogP contribution in [0.25, 0.3) is 6.08 Å². The summed E-state index contributed by atoms with van der Waals surface area (Å²) in [5, 5.41) is 14.3. The van der Waals surface area contributed by atoms with Gasteiger partial charge in [-0.25, -0.2) is 5.01 Å². The molecule has 2 rings (SSSR count). The van der Waals surface area contributed by atoms with Gasteiger partial charge in [0.1, 0.15) is 0 Å². The second-order valence-corrected chi connectivity index (χ2v) is 6.86. The maximum Gasteiger partial charge on any atom is 0.275 e. The molecule has 0 atom stereocenters. The fourth-order valence-corrected chi connectivity index (χ4v) is 3.05. The zero-order chi connectivity index (χ0) is 19.3. The Bertz CT molecular complexity index is 794. The summed E-state index contributed by atoms with van der Waals surface area (Å²) in [6, 6.07) is 5.75. The molecule has 0 unspecified atom stereocenters. The highest BCUT2D eigenvalue weighted by Crippen LogP contribution is 2.38. The zero-order valence-corrected chi connectivity index (χ0v) is 17.0. The van der Waals surface area contributed by atoms with Gasteiger partial charge in [-0.1, -0.05) is 0 Å². The molecule has 1 aliphatic heterocycles. The molecule has 0 aromatic heterocycles. The Morgan fingerprint density at radius 3 is 2.77 bits per heavy atom. The molecule has 6 nitrogen and oxygen atoms in total. The van der Waals surface area contributed by atoms with E-state index in [0.29, 0.717) is 35.9 Å². The van der Waals surface area contributed by atoms with Gasteiger partial charge < -0.3 is 9.47 Å². The predicted molar refractivity (Wildman–Crippen MR) is 104 cm³/mol. The molecule has 0 aliphatic carbocycles. The number of rotatable bonds is 7. The van der Waals surface area contributed by atoms with Gasteiger partial charge in [-0.15, -0.1) is 0 Å². The van der Waals surface area contributed by atoms with Crippen molar-refractivity contribution in [3.05, 3.63) is 27.7 Å². The van der Waals surface area contributed by atoms with Crippen molar-refractivity contribution in [3.8, 4) is 17.6 Å². The van der Waals surface area contributed by atoms with Crippen LogP contribution in [0, 0.1) is 11.3 Å². The highest BCUT2D eigenvalue weighted by molar-refractivity contribution is 9.10. The molecule has 0 spiro atoms. The van der Waals surface area contributed by atoms with Crippen molar-refractivity contribution in [3.63, 3.8) is 0 Å². The highest BCUT2D eigenvalue weighted by atomic mass is 79.9. The van der Waals surface area contributed by atoms with Crippen LogP contribution in [0.15, 0.2) is 27.3 Å². The number of hydrogen-bond donors (Lipinski definition) is 0. The van der Waals surface area contributed by atoms with Gasteiger partial charge >= 0.3 is 0 Å². The molecule has 1 aromatic rings. The molecule has 0 N–H and O–H groups in total. The van der Waals surface area contributed by atoms with Gasteiger partial charge in [0.2, 0.25) is 0 Å². The van der Waals surface area contributed by atoms with E-state index in [4.69, 9.17) is 14.7 Å². The Labute approximate surface area is 162 Å². The molecule has 0 saturated heterocycles. The van der Waals surface area contributed by atoms with Crippen molar-refractivity contribution >= 4 is 33.6 Å². The molecule has 1 aromatic carbocycles. The molecule has 0 fully saturated rings. The molecule has 1 aliphatic rings. The largest absolute Gasteiger partial charge is 0.490 e. The smallest absolute Gasteiger partial charge is 0.275 e. The number of carbonyl (C=O) groups excluding carboxylic acids is 1. The van der Waals surface area contributed by atoms with Crippen molar-refractivity contribution in [2.45, 2.75) is 40.2 Å². The van der Waals surface area contributed by atoms with Gasteiger partial charge in [0.15, 0.2) is 11.5 Å². The molecule has 26 heavy (non-hydrogen) atoms. The van der Waals surface area contributed by atoms with Gasteiger partial charge in [-0.05, 0) is 67.4 Å². The SMILES string of the molecule is CCOc1cc(/C=C2\C(=O)N(CCC#N)N=C2C)cc(Br)c1OC(C)C. The van der Waals surface area contributed by atoms with E-state index in [2.05, 4.69) is 21.0 Å². The molecule has 7 heteroatoms. The van der Waals surface area contributed by atoms with Crippen LogP contribution in [0.5, 0.6) is 11.5 Å². The monoisotopic (exact) mass is 419 g/mol. The number of halogens is 1. The van der Waals surface area contributed by atoms with Crippen molar-refractivity contribution in [1.29, 1.82) is 5.26 Å². The van der Waals surface area contributed by atoms with E-state index in [9.17, 15) is 4.79 Å². The van der Waals surface area contributed by atoms with Crippen molar-refractivity contribution in [2.75, 3.05) is 13.2 Å². The molecule has 1 heterocycles. The first-order chi connectivity index (χ1) is 12.4. The first-order valence-electron chi connectivity index (χ1n) is 8.46. The first-order valence-corrected chi connectivity index (χ1v) is 9.25. The van der Waals surface area contributed by atoms with Crippen LogP contribution >= 0.6 is 15.9 Å². The second-order valence-electron chi connectivity index (χ2n) is 6.01. The van der Waals surface area contributed by atoms with Gasteiger partial charge in [-0.3, -0.25) is 4.79 Å². The molecular weight excluding hydrogens is 398 g/mol. The van der Waals surface area contributed by atoms with Crippen LogP contribution in [0.3, 0.4) is 0 Å². The van der Waals surface area contributed by atoms with Gasteiger partial charge in [-0.2, -0.15) is 10.4 Å². The summed E-state index contributed by atoms with van der Waals surface area (Å²) in [6.07, 6.45) is 2.03. The van der Waals surface area contributed by atoms with Crippen LogP contribution in [0.4, 0.5) is 0 Å². The predicted octanol–water partition coefficient (Wildman–Crippen LogP) is 4.15. The third-order valence-corrected chi connectivity index (χ3v) is 4.15. The van der Waals surface area contributed by atoms with E-state index in [1.54, 1.807) is 13.0 Å². The Morgan fingerprint density at radius 1 is 1.42 bits per heavy atom. The lowest BCUT2D eigenvalue weighted by Gasteiger charge is -2.17. The average Bonchev–Trinajstić information content (AvgIpc) is 2.83. The lowest BCUT2D eigenvalue weighted by Crippen LogP contribution is -2.22. The van der Waals surface area contributed by atoms with Crippen LogP contribution in [0.1, 0.15) is 39.7 Å². The highest BCUT2D eigenvalue weighted by Gasteiger charge is 2.27. The van der Waals surface area contributed by atoms with Crippen LogP contribution < -0.4 is 9.47 Å². The third kappa shape index (κ3) is 4.64. The first kappa shape index (κ1) is 20.0. The van der Waals surface area contributed by atoms with Crippen molar-refractivity contribution in [1.82, 2.24) is 5.01 Å². The Hall–Kier alpha value is -2.33. The molecule has 0 saturated carbocycles. The topological polar surface area (TPSA) is 74.9 Å². The molecule has 0 bridgehead atoms. The number of nitriles is 1. The van der Waals surface area contributed by atoms with E-state index in [1.165, 1.54) is 5.01 Å². The fourth-order valence-electron chi connectivity index (χ4n) is 2.50.